The highest BCUT2D eigenvalue weighted by Crippen LogP contribution is 2.18. The molecule has 2 heterocycles. The second kappa shape index (κ2) is 5.90. The molecule has 0 radical (unpaired) electrons. The Labute approximate surface area is 122 Å². The summed E-state index contributed by atoms with van der Waals surface area (Å²) in [4.78, 5) is 39.9. The van der Waals surface area contributed by atoms with Crippen LogP contribution >= 0.6 is 0 Å². The van der Waals surface area contributed by atoms with Crippen molar-refractivity contribution in [1.29, 1.82) is 0 Å². The molecule has 7 nitrogen and oxygen atoms in total. The molecule has 0 aliphatic carbocycles. The summed E-state index contributed by atoms with van der Waals surface area (Å²) in [5, 5.41) is 12.0. The Hall–Kier alpha value is -2.44. The molecular weight excluding hydrogens is 274 g/mol. The molecule has 1 aromatic heterocycles. The molecule has 1 aliphatic heterocycles. The topological polar surface area (TPSA) is 99.6 Å². The van der Waals surface area contributed by atoms with Crippen molar-refractivity contribution in [2.45, 2.75) is 32.2 Å². The molecule has 1 aromatic rings. The lowest BCUT2D eigenvalue weighted by Crippen LogP contribution is -2.48. The average molecular weight is 291 g/mol. The van der Waals surface area contributed by atoms with Crippen LogP contribution in [0.5, 0.6) is 0 Å². The van der Waals surface area contributed by atoms with Gasteiger partial charge in [-0.2, -0.15) is 0 Å². The van der Waals surface area contributed by atoms with E-state index in [4.69, 9.17) is 5.11 Å². The van der Waals surface area contributed by atoms with Crippen molar-refractivity contribution < 1.29 is 19.5 Å². The number of hydrogen-bond donors (Lipinski definition) is 2. The smallest absolute Gasteiger partial charge is 0.335 e. The number of likely N-dealkylation sites (tertiary alicyclic amines) is 1. The van der Waals surface area contributed by atoms with Crippen LogP contribution in [0.1, 0.15) is 35.8 Å². The van der Waals surface area contributed by atoms with Gasteiger partial charge in [-0.25, -0.2) is 9.78 Å². The van der Waals surface area contributed by atoms with Crippen LogP contribution in [0.4, 0.5) is 5.82 Å². The third-order valence-corrected chi connectivity index (χ3v) is 3.46. The largest absolute Gasteiger partial charge is 0.478 e. The molecule has 1 unspecified atom stereocenters. The van der Waals surface area contributed by atoms with Crippen LogP contribution in [-0.4, -0.2) is 45.9 Å². The van der Waals surface area contributed by atoms with E-state index in [-0.39, 0.29) is 23.8 Å². The number of likely N-dealkylation sites (N-methyl/N-ethyl adjacent to an activating group) is 1. The SMILES string of the molecule is CCc1cc(C(=O)O)cc(NC2CCC(=O)N(C)C2=O)n1. The highest BCUT2D eigenvalue weighted by molar-refractivity contribution is 6.01. The molecule has 7 heteroatoms. The van der Waals surface area contributed by atoms with Gasteiger partial charge in [0.25, 0.3) is 5.91 Å². The number of piperidine rings is 1. The molecule has 112 valence electrons. The third-order valence-electron chi connectivity index (χ3n) is 3.46. The molecule has 0 spiro atoms. The Morgan fingerprint density at radius 2 is 2.19 bits per heavy atom. The lowest BCUT2D eigenvalue weighted by atomic mass is 10.0. The van der Waals surface area contributed by atoms with Crippen LogP contribution in [-0.2, 0) is 16.0 Å². The van der Waals surface area contributed by atoms with Crippen LogP contribution in [0.25, 0.3) is 0 Å². The van der Waals surface area contributed by atoms with Crippen molar-refractivity contribution in [1.82, 2.24) is 9.88 Å². The molecule has 2 amide bonds. The minimum atomic E-state index is -1.04. The van der Waals surface area contributed by atoms with Crippen LogP contribution < -0.4 is 5.32 Å². The monoisotopic (exact) mass is 291 g/mol. The fourth-order valence-corrected chi connectivity index (χ4v) is 2.19. The Balaban J connectivity index is 2.23. The molecular formula is C14H17N3O4. The van der Waals surface area contributed by atoms with Gasteiger partial charge in [0.1, 0.15) is 11.9 Å². The summed E-state index contributed by atoms with van der Waals surface area (Å²) in [6, 6.07) is 2.34. The first-order valence-corrected chi connectivity index (χ1v) is 6.73. The lowest BCUT2D eigenvalue weighted by Gasteiger charge is -2.28. The normalized spacial score (nSPS) is 18.8. The second-order valence-electron chi connectivity index (χ2n) is 4.92. The predicted molar refractivity (Wildman–Crippen MR) is 75.0 cm³/mol. The maximum absolute atomic E-state index is 12.0. The van der Waals surface area contributed by atoms with E-state index >= 15 is 0 Å². The number of nitrogens with zero attached hydrogens (tertiary/aromatic N) is 2. The van der Waals surface area contributed by atoms with Gasteiger partial charge in [0.2, 0.25) is 5.91 Å². The number of carbonyl (C=O) groups is 3. The summed E-state index contributed by atoms with van der Waals surface area (Å²) in [6.07, 6.45) is 1.24. The lowest BCUT2D eigenvalue weighted by molar-refractivity contribution is -0.146. The summed E-state index contributed by atoms with van der Waals surface area (Å²) < 4.78 is 0. The Kier molecular flexibility index (Phi) is 4.21. The molecule has 0 aromatic carbocycles. The zero-order valence-corrected chi connectivity index (χ0v) is 11.9. The quantitative estimate of drug-likeness (QED) is 0.800. The zero-order chi connectivity index (χ0) is 15.6. The molecule has 1 atom stereocenters. The Morgan fingerprint density at radius 3 is 2.81 bits per heavy atom. The van der Waals surface area contributed by atoms with Gasteiger partial charge in [-0.05, 0) is 25.0 Å². The van der Waals surface area contributed by atoms with Crippen LogP contribution in [0.2, 0.25) is 0 Å². The van der Waals surface area contributed by atoms with Crippen molar-refractivity contribution >= 4 is 23.6 Å². The number of hydrogen-bond acceptors (Lipinski definition) is 5. The number of rotatable bonds is 4. The first-order valence-electron chi connectivity index (χ1n) is 6.73. The minimum absolute atomic E-state index is 0.122. The number of imide groups is 1. The fraction of sp³-hybridized carbons (Fsp3) is 0.429. The second-order valence-corrected chi connectivity index (χ2v) is 4.92. The van der Waals surface area contributed by atoms with Gasteiger partial charge in [0.05, 0.1) is 5.56 Å². The molecule has 21 heavy (non-hydrogen) atoms. The van der Waals surface area contributed by atoms with Gasteiger partial charge >= 0.3 is 5.97 Å². The van der Waals surface area contributed by atoms with Gasteiger partial charge in [-0.3, -0.25) is 14.5 Å². The average Bonchev–Trinajstić information content (AvgIpc) is 2.47. The first-order chi connectivity index (χ1) is 9.92. The van der Waals surface area contributed by atoms with Crippen LogP contribution in [0, 0.1) is 0 Å². The van der Waals surface area contributed by atoms with E-state index in [1.165, 1.54) is 19.2 Å². The number of anilines is 1. The van der Waals surface area contributed by atoms with Crippen molar-refractivity contribution in [3.8, 4) is 0 Å². The minimum Gasteiger partial charge on any atom is -0.478 e. The van der Waals surface area contributed by atoms with Crippen molar-refractivity contribution in [3.63, 3.8) is 0 Å². The Morgan fingerprint density at radius 1 is 1.48 bits per heavy atom. The van der Waals surface area contributed by atoms with E-state index in [9.17, 15) is 14.4 Å². The number of amides is 2. The molecule has 1 aliphatic rings. The fourth-order valence-electron chi connectivity index (χ4n) is 2.19. The number of aryl methyl sites for hydroxylation is 1. The molecule has 2 N–H and O–H groups in total. The highest BCUT2D eigenvalue weighted by Gasteiger charge is 2.31. The molecule has 0 saturated carbocycles. The molecule has 1 saturated heterocycles. The van der Waals surface area contributed by atoms with Crippen LogP contribution in [0.15, 0.2) is 12.1 Å². The van der Waals surface area contributed by atoms with Gasteiger partial charge < -0.3 is 10.4 Å². The summed E-state index contributed by atoms with van der Waals surface area (Å²) in [7, 11) is 1.44. The first kappa shape index (κ1) is 15.0. The number of carboxylic acids is 1. The van der Waals surface area contributed by atoms with Crippen LogP contribution in [0.3, 0.4) is 0 Å². The molecule has 0 bridgehead atoms. The van der Waals surface area contributed by atoms with E-state index in [2.05, 4.69) is 10.3 Å². The number of aromatic nitrogens is 1. The number of aromatic carboxylic acids is 1. The van der Waals surface area contributed by atoms with E-state index in [0.717, 1.165) is 4.90 Å². The Bertz CT molecular complexity index is 600. The van der Waals surface area contributed by atoms with E-state index in [0.29, 0.717) is 24.4 Å². The highest BCUT2D eigenvalue weighted by atomic mass is 16.4. The van der Waals surface area contributed by atoms with Gasteiger partial charge in [-0.1, -0.05) is 6.92 Å². The van der Waals surface area contributed by atoms with Gasteiger partial charge in [0, 0.05) is 19.2 Å². The summed E-state index contributed by atoms with van der Waals surface area (Å²) in [5.74, 6) is -1.24. The summed E-state index contributed by atoms with van der Waals surface area (Å²) >= 11 is 0. The number of carbonyl (C=O) groups excluding carboxylic acids is 2. The van der Waals surface area contributed by atoms with E-state index < -0.39 is 12.0 Å². The molecule has 1 fully saturated rings. The zero-order valence-electron chi connectivity index (χ0n) is 11.9. The summed E-state index contributed by atoms with van der Waals surface area (Å²) in [5.41, 5.74) is 0.752. The number of carboxylic acid groups (broad SMARTS) is 1. The molecule has 2 rings (SSSR count). The van der Waals surface area contributed by atoms with Crippen molar-refractivity contribution in [3.05, 3.63) is 23.4 Å². The van der Waals surface area contributed by atoms with E-state index in [1.807, 2.05) is 6.92 Å². The third kappa shape index (κ3) is 3.18. The van der Waals surface area contributed by atoms with Gasteiger partial charge in [-0.15, -0.1) is 0 Å². The maximum atomic E-state index is 12.0. The predicted octanol–water partition coefficient (Wildman–Crippen LogP) is 0.901. The van der Waals surface area contributed by atoms with Crippen molar-refractivity contribution in [2.75, 3.05) is 12.4 Å². The summed E-state index contributed by atoms with van der Waals surface area (Å²) in [6.45, 7) is 1.87. The number of pyridine rings is 1. The standard InChI is InChI=1S/C14H17N3O4/c1-3-9-6-8(14(20)21)7-11(15-9)16-10-4-5-12(18)17(2)13(10)19/h6-7,10H,3-5H2,1-2H3,(H,15,16)(H,20,21). The number of nitrogens with one attached hydrogen (secondary N) is 1. The van der Waals surface area contributed by atoms with E-state index in [1.54, 1.807) is 0 Å². The van der Waals surface area contributed by atoms with Crippen molar-refractivity contribution in [2.24, 2.45) is 0 Å². The van der Waals surface area contributed by atoms with Gasteiger partial charge in [0.15, 0.2) is 0 Å². The maximum Gasteiger partial charge on any atom is 0.335 e.